The van der Waals surface area contributed by atoms with Gasteiger partial charge in [-0.25, -0.2) is 23.7 Å². The molecule has 4 rings (SSSR count). The molecule has 7 nitrogen and oxygen atoms in total. The number of nitrogens with zero attached hydrogens (tertiary/aromatic N) is 6. The van der Waals surface area contributed by atoms with Crippen LogP contribution < -0.4 is 4.90 Å². The molecule has 3 aromatic heterocycles. The van der Waals surface area contributed by atoms with E-state index >= 15 is 0 Å². The molecular weight excluding hydrogens is 378 g/mol. The van der Waals surface area contributed by atoms with Gasteiger partial charge in [-0.3, -0.25) is 4.90 Å². The number of fused-ring (bicyclic) bond motifs is 1. The summed E-state index contributed by atoms with van der Waals surface area (Å²) in [6.07, 6.45) is 2.83. The molecule has 1 aliphatic heterocycles. The predicted molar refractivity (Wildman–Crippen MR) is 105 cm³/mol. The van der Waals surface area contributed by atoms with Crippen molar-refractivity contribution in [2.24, 2.45) is 0 Å². The Kier molecular flexibility index (Phi) is 5.40. The van der Waals surface area contributed by atoms with Gasteiger partial charge in [0.25, 0.3) is 12.1 Å². The van der Waals surface area contributed by atoms with Crippen LogP contribution in [-0.4, -0.2) is 52.2 Å². The molecule has 0 saturated carbocycles. The molecule has 9 heteroatoms. The van der Waals surface area contributed by atoms with Crippen molar-refractivity contribution < 1.29 is 13.3 Å². The molecule has 154 valence electrons. The number of piperidine rings is 1. The van der Waals surface area contributed by atoms with Crippen molar-refractivity contribution >= 4 is 17.0 Å². The van der Waals surface area contributed by atoms with E-state index in [-0.39, 0.29) is 17.2 Å². The van der Waals surface area contributed by atoms with Crippen molar-refractivity contribution in [3.05, 3.63) is 41.0 Å². The predicted octanol–water partition coefficient (Wildman–Crippen LogP) is 3.70. The van der Waals surface area contributed by atoms with E-state index in [1.54, 1.807) is 6.92 Å². The Morgan fingerprint density at radius 3 is 2.52 bits per heavy atom. The maximum absolute atomic E-state index is 13.6. The van der Waals surface area contributed by atoms with Crippen LogP contribution in [0.5, 0.6) is 0 Å². The van der Waals surface area contributed by atoms with Gasteiger partial charge < -0.3 is 9.42 Å². The summed E-state index contributed by atoms with van der Waals surface area (Å²) < 4.78 is 32.3. The number of hydrogen-bond donors (Lipinski definition) is 0. The Labute approximate surface area is 167 Å². The Balaban J connectivity index is 1.44. The van der Waals surface area contributed by atoms with Gasteiger partial charge >= 0.3 is 0 Å². The van der Waals surface area contributed by atoms with E-state index in [0.29, 0.717) is 22.7 Å². The number of likely N-dealkylation sites (tertiary alicyclic amines) is 1. The highest BCUT2D eigenvalue weighted by Gasteiger charge is 2.26. The van der Waals surface area contributed by atoms with Crippen LogP contribution in [0.15, 0.2) is 23.0 Å². The largest absolute Gasteiger partial charge is 0.347 e. The average molecular weight is 402 g/mol. The molecule has 0 N–H and O–H groups in total. The van der Waals surface area contributed by atoms with E-state index in [1.165, 1.54) is 6.07 Å². The fourth-order valence-corrected chi connectivity index (χ4v) is 3.83. The summed E-state index contributed by atoms with van der Waals surface area (Å²) in [7, 11) is 3.81. The molecule has 0 aromatic carbocycles. The molecule has 0 bridgehead atoms. The van der Waals surface area contributed by atoms with Gasteiger partial charge in [0.2, 0.25) is 5.95 Å². The molecule has 1 saturated heterocycles. The van der Waals surface area contributed by atoms with Crippen LogP contribution in [0, 0.1) is 6.92 Å². The maximum atomic E-state index is 13.6. The van der Waals surface area contributed by atoms with Crippen molar-refractivity contribution in [1.82, 2.24) is 25.0 Å². The van der Waals surface area contributed by atoms with Gasteiger partial charge in [0, 0.05) is 55.8 Å². The van der Waals surface area contributed by atoms with Crippen molar-refractivity contribution in [2.75, 3.05) is 32.1 Å². The lowest BCUT2D eigenvalue weighted by molar-refractivity contribution is 0.152. The minimum Gasteiger partial charge on any atom is -0.347 e. The zero-order chi connectivity index (χ0) is 20.5. The van der Waals surface area contributed by atoms with Crippen LogP contribution in [0.1, 0.15) is 47.7 Å². The lowest BCUT2D eigenvalue weighted by atomic mass is 9.91. The first kappa shape index (κ1) is 19.6. The fourth-order valence-electron chi connectivity index (χ4n) is 3.83. The smallest absolute Gasteiger partial charge is 0.264 e. The van der Waals surface area contributed by atoms with E-state index in [0.717, 1.165) is 38.0 Å². The van der Waals surface area contributed by atoms with E-state index < -0.39 is 6.43 Å². The van der Waals surface area contributed by atoms with Crippen molar-refractivity contribution in [2.45, 2.75) is 38.7 Å². The molecular formula is C20H24F2N6O. The van der Waals surface area contributed by atoms with Gasteiger partial charge in [0.05, 0.1) is 11.1 Å². The Morgan fingerprint density at radius 1 is 1.21 bits per heavy atom. The summed E-state index contributed by atoms with van der Waals surface area (Å²) in [5.41, 5.74) is 2.35. The van der Waals surface area contributed by atoms with Crippen LogP contribution in [-0.2, 0) is 6.54 Å². The first-order valence-corrected chi connectivity index (χ1v) is 9.68. The number of rotatable bonds is 5. The zero-order valence-electron chi connectivity index (χ0n) is 16.8. The van der Waals surface area contributed by atoms with Gasteiger partial charge in [0.15, 0.2) is 0 Å². The molecule has 1 fully saturated rings. The first-order valence-electron chi connectivity index (χ1n) is 9.68. The quantitative estimate of drug-likeness (QED) is 0.644. The van der Waals surface area contributed by atoms with Crippen molar-refractivity contribution in [3.63, 3.8) is 0 Å². The van der Waals surface area contributed by atoms with E-state index in [4.69, 9.17) is 4.52 Å². The third-order valence-electron chi connectivity index (χ3n) is 5.41. The van der Waals surface area contributed by atoms with E-state index in [2.05, 4.69) is 25.0 Å². The second-order valence-corrected chi connectivity index (χ2v) is 7.72. The number of aromatic nitrogens is 4. The van der Waals surface area contributed by atoms with Crippen LogP contribution in [0.4, 0.5) is 14.7 Å². The van der Waals surface area contributed by atoms with Gasteiger partial charge in [-0.15, -0.1) is 0 Å². The molecule has 3 aromatic rings. The Morgan fingerprint density at radius 2 is 1.90 bits per heavy atom. The van der Waals surface area contributed by atoms with Crippen LogP contribution in [0.2, 0.25) is 0 Å². The maximum Gasteiger partial charge on any atom is 0.264 e. The molecule has 0 amide bonds. The molecule has 29 heavy (non-hydrogen) atoms. The summed E-state index contributed by atoms with van der Waals surface area (Å²) in [5.74, 6) is 0.817. The normalized spacial score (nSPS) is 16.1. The monoisotopic (exact) mass is 402 g/mol. The summed E-state index contributed by atoms with van der Waals surface area (Å²) in [5, 5.41) is 4.14. The number of anilines is 1. The highest BCUT2D eigenvalue weighted by atomic mass is 19.3. The number of aryl methyl sites for hydroxylation is 1. The van der Waals surface area contributed by atoms with Gasteiger partial charge in [-0.05, 0) is 38.9 Å². The van der Waals surface area contributed by atoms with Crippen LogP contribution in [0.3, 0.4) is 0 Å². The minimum absolute atomic E-state index is 0.0377. The Hall–Kier alpha value is -2.68. The number of halogens is 2. The topological polar surface area (TPSA) is 71.2 Å². The summed E-state index contributed by atoms with van der Waals surface area (Å²) in [6.45, 7) is 4.15. The minimum atomic E-state index is -2.58. The molecule has 1 aliphatic rings. The van der Waals surface area contributed by atoms with Gasteiger partial charge in [0.1, 0.15) is 0 Å². The number of pyridine rings is 1. The second-order valence-electron chi connectivity index (χ2n) is 7.72. The first-order chi connectivity index (χ1) is 13.9. The van der Waals surface area contributed by atoms with Gasteiger partial charge in [-0.2, -0.15) is 0 Å². The van der Waals surface area contributed by atoms with Gasteiger partial charge in [-0.1, -0.05) is 5.16 Å². The van der Waals surface area contributed by atoms with Crippen LogP contribution in [0.25, 0.3) is 11.1 Å². The standard InChI is InChI=1S/C20H24F2N6O/c1-12-17-15(18(21)22)8-16(25-19(17)29-26-12)14-4-6-28(7-5-14)11-13-9-23-20(24-10-13)27(2)3/h8-10,14,18H,4-7,11H2,1-3H3. The molecule has 4 heterocycles. The van der Waals surface area contributed by atoms with Crippen molar-refractivity contribution in [1.29, 1.82) is 0 Å². The summed E-state index contributed by atoms with van der Waals surface area (Å²) in [4.78, 5) is 17.4. The van der Waals surface area contributed by atoms with Crippen LogP contribution >= 0.6 is 0 Å². The number of hydrogen-bond acceptors (Lipinski definition) is 7. The lowest BCUT2D eigenvalue weighted by Crippen LogP contribution is -2.32. The average Bonchev–Trinajstić information content (AvgIpc) is 3.09. The zero-order valence-corrected chi connectivity index (χ0v) is 16.8. The molecule has 0 aliphatic carbocycles. The molecule has 0 radical (unpaired) electrons. The lowest BCUT2D eigenvalue weighted by Gasteiger charge is -2.31. The van der Waals surface area contributed by atoms with Crippen molar-refractivity contribution in [3.8, 4) is 0 Å². The highest BCUT2D eigenvalue weighted by molar-refractivity contribution is 5.80. The molecule has 0 atom stereocenters. The molecule has 0 spiro atoms. The van der Waals surface area contributed by atoms with E-state index in [1.807, 2.05) is 31.4 Å². The highest BCUT2D eigenvalue weighted by Crippen LogP contribution is 2.34. The number of alkyl halides is 2. The third-order valence-corrected chi connectivity index (χ3v) is 5.41. The Bertz CT molecular complexity index is 981. The third kappa shape index (κ3) is 4.05. The summed E-state index contributed by atoms with van der Waals surface area (Å²) >= 11 is 0. The van der Waals surface area contributed by atoms with E-state index in [9.17, 15) is 8.78 Å². The second kappa shape index (κ2) is 7.98. The molecule has 0 unspecified atom stereocenters. The fraction of sp³-hybridized carbons (Fsp3) is 0.500. The SMILES string of the molecule is Cc1noc2nc(C3CCN(Cc4cnc(N(C)C)nc4)CC3)cc(C(F)F)c12. The summed E-state index contributed by atoms with van der Waals surface area (Å²) in [6, 6.07) is 1.53.